The molecule has 2 aromatic rings. The van der Waals surface area contributed by atoms with Crippen LogP contribution in [0.3, 0.4) is 0 Å². The summed E-state index contributed by atoms with van der Waals surface area (Å²) in [6.45, 7) is 1.59. The van der Waals surface area contributed by atoms with Crippen molar-refractivity contribution in [2.45, 2.75) is 13.0 Å². The molecule has 0 aliphatic carbocycles. The van der Waals surface area contributed by atoms with Crippen molar-refractivity contribution in [3.63, 3.8) is 0 Å². The fourth-order valence-corrected chi connectivity index (χ4v) is 1.80. The number of halogens is 2. The highest BCUT2D eigenvalue weighted by Crippen LogP contribution is 2.17. The Labute approximate surface area is 121 Å². The van der Waals surface area contributed by atoms with E-state index in [1.165, 1.54) is 18.2 Å². The first kappa shape index (κ1) is 14.3. The third kappa shape index (κ3) is 3.96. The number of hydrogen-bond donors (Lipinski definition) is 1. The maximum absolute atomic E-state index is 13.0. The van der Waals surface area contributed by atoms with Gasteiger partial charge in [-0.2, -0.15) is 0 Å². The molecule has 20 heavy (non-hydrogen) atoms. The van der Waals surface area contributed by atoms with Crippen LogP contribution in [-0.4, -0.2) is 12.0 Å². The first-order valence-corrected chi connectivity index (χ1v) is 6.41. The molecule has 2 aromatic carbocycles. The van der Waals surface area contributed by atoms with Crippen LogP contribution in [0.5, 0.6) is 5.75 Å². The number of carbonyl (C=O) groups excluding carboxylic acids is 1. The van der Waals surface area contributed by atoms with Gasteiger partial charge in [-0.25, -0.2) is 4.39 Å². The van der Waals surface area contributed by atoms with Crippen LogP contribution in [0.1, 0.15) is 6.92 Å². The van der Waals surface area contributed by atoms with E-state index in [1.807, 2.05) is 0 Å². The molecule has 0 fully saturated rings. The van der Waals surface area contributed by atoms with Gasteiger partial charge in [0.05, 0.1) is 0 Å². The van der Waals surface area contributed by atoms with Gasteiger partial charge in [0, 0.05) is 16.8 Å². The molecule has 0 aromatic heterocycles. The first-order chi connectivity index (χ1) is 9.54. The highest BCUT2D eigenvalue weighted by molar-refractivity contribution is 6.30. The zero-order valence-corrected chi connectivity index (χ0v) is 11.5. The standard InChI is InChI=1S/C15H13ClFNO2/c1-10(20-14-7-3-5-12(17)9-14)15(19)18-13-6-2-4-11(16)8-13/h2-10H,1H3,(H,18,19)/t10-/m0/s1. The maximum atomic E-state index is 13.0. The number of amides is 1. The molecule has 0 bridgehead atoms. The van der Waals surface area contributed by atoms with Gasteiger partial charge in [0.25, 0.3) is 5.91 Å². The number of hydrogen-bond acceptors (Lipinski definition) is 2. The Bertz CT molecular complexity index is 618. The van der Waals surface area contributed by atoms with Crippen LogP contribution >= 0.6 is 11.6 Å². The monoisotopic (exact) mass is 293 g/mol. The minimum Gasteiger partial charge on any atom is -0.481 e. The van der Waals surface area contributed by atoms with Crippen LogP contribution < -0.4 is 10.1 Å². The summed E-state index contributed by atoms with van der Waals surface area (Å²) in [5, 5.41) is 3.20. The van der Waals surface area contributed by atoms with Crippen molar-refractivity contribution in [1.29, 1.82) is 0 Å². The van der Waals surface area contributed by atoms with Gasteiger partial charge in [0.15, 0.2) is 6.10 Å². The lowest BCUT2D eigenvalue weighted by Gasteiger charge is -2.14. The highest BCUT2D eigenvalue weighted by atomic mass is 35.5. The second-order valence-corrected chi connectivity index (χ2v) is 4.65. The lowest BCUT2D eigenvalue weighted by molar-refractivity contribution is -0.122. The lowest BCUT2D eigenvalue weighted by Crippen LogP contribution is -2.30. The molecule has 1 atom stereocenters. The van der Waals surface area contributed by atoms with Gasteiger partial charge >= 0.3 is 0 Å². The van der Waals surface area contributed by atoms with Gasteiger partial charge in [-0.15, -0.1) is 0 Å². The third-order valence-electron chi connectivity index (χ3n) is 2.57. The normalized spacial score (nSPS) is 11.8. The predicted octanol–water partition coefficient (Wildman–Crippen LogP) is 3.89. The van der Waals surface area contributed by atoms with Gasteiger partial charge in [0.1, 0.15) is 11.6 Å². The van der Waals surface area contributed by atoms with Crippen LogP contribution in [-0.2, 0) is 4.79 Å². The van der Waals surface area contributed by atoms with Crippen molar-refractivity contribution >= 4 is 23.2 Å². The quantitative estimate of drug-likeness (QED) is 0.929. The molecule has 0 saturated heterocycles. The first-order valence-electron chi connectivity index (χ1n) is 6.03. The average Bonchev–Trinajstić information content (AvgIpc) is 2.38. The van der Waals surface area contributed by atoms with Crippen molar-refractivity contribution in [2.75, 3.05) is 5.32 Å². The Kier molecular flexibility index (Phi) is 4.58. The van der Waals surface area contributed by atoms with Gasteiger partial charge in [-0.1, -0.05) is 23.7 Å². The third-order valence-corrected chi connectivity index (χ3v) is 2.81. The second kappa shape index (κ2) is 6.39. The van der Waals surface area contributed by atoms with Gasteiger partial charge in [-0.3, -0.25) is 4.79 Å². The highest BCUT2D eigenvalue weighted by Gasteiger charge is 2.15. The van der Waals surface area contributed by atoms with Crippen LogP contribution in [0, 0.1) is 5.82 Å². The predicted molar refractivity (Wildman–Crippen MR) is 76.6 cm³/mol. The molecular formula is C15H13ClFNO2. The Morgan fingerprint density at radius 3 is 2.70 bits per heavy atom. The minimum atomic E-state index is -0.754. The molecule has 0 spiro atoms. The zero-order chi connectivity index (χ0) is 14.5. The Morgan fingerprint density at radius 1 is 1.25 bits per heavy atom. The average molecular weight is 294 g/mol. The molecule has 2 rings (SSSR count). The summed E-state index contributed by atoms with van der Waals surface area (Å²) < 4.78 is 18.4. The number of benzene rings is 2. The Hall–Kier alpha value is -2.07. The number of carbonyl (C=O) groups is 1. The number of nitrogens with one attached hydrogen (secondary N) is 1. The van der Waals surface area contributed by atoms with Crippen LogP contribution in [0.15, 0.2) is 48.5 Å². The molecule has 0 radical (unpaired) electrons. The van der Waals surface area contributed by atoms with E-state index in [9.17, 15) is 9.18 Å². The largest absolute Gasteiger partial charge is 0.481 e. The maximum Gasteiger partial charge on any atom is 0.265 e. The van der Waals surface area contributed by atoms with Crippen LogP contribution in [0.2, 0.25) is 5.02 Å². The molecule has 3 nitrogen and oxygen atoms in total. The summed E-state index contributed by atoms with van der Waals surface area (Å²) in [7, 11) is 0. The molecule has 0 heterocycles. The van der Waals surface area contributed by atoms with E-state index in [-0.39, 0.29) is 5.91 Å². The van der Waals surface area contributed by atoms with Gasteiger partial charge in [-0.05, 0) is 37.3 Å². The van der Waals surface area contributed by atoms with E-state index < -0.39 is 11.9 Å². The van der Waals surface area contributed by atoms with E-state index in [0.29, 0.717) is 16.5 Å². The fourth-order valence-electron chi connectivity index (χ4n) is 1.61. The summed E-state index contributed by atoms with van der Waals surface area (Å²) in [5.41, 5.74) is 0.581. The van der Waals surface area contributed by atoms with Crippen molar-refractivity contribution in [1.82, 2.24) is 0 Å². The fraction of sp³-hybridized carbons (Fsp3) is 0.133. The smallest absolute Gasteiger partial charge is 0.265 e. The molecule has 0 saturated carbocycles. The van der Waals surface area contributed by atoms with Crippen molar-refractivity contribution in [3.05, 3.63) is 59.4 Å². The summed E-state index contributed by atoms with van der Waals surface area (Å²) in [6, 6.07) is 12.4. The van der Waals surface area contributed by atoms with Gasteiger partial charge < -0.3 is 10.1 Å². The van der Waals surface area contributed by atoms with Crippen LogP contribution in [0.25, 0.3) is 0 Å². The Balaban J connectivity index is 1.98. The molecule has 0 aliphatic rings. The van der Waals surface area contributed by atoms with E-state index in [1.54, 1.807) is 37.3 Å². The summed E-state index contributed by atoms with van der Waals surface area (Å²) in [5.74, 6) is -0.444. The minimum absolute atomic E-state index is 0.304. The van der Waals surface area contributed by atoms with E-state index in [4.69, 9.17) is 16.3 Å². The van der Waals surface area contributed by atoms with Crippen molar-refractivity contribution in [3.8, 4) is 5.75 Å². The molecule has 104 valence electrons. The second-order valence-electron chi connectivity index (χ2n) is 4.22. The molecule has 5 heteroatoms. The number of ether oxygens (including phenoxy) is 1. The molecule has 1 N–H and O–H groups in total. The van der Waals surface area contributed by atoms with Crippen molar-refractivity contribution in [2.24, 2.45) is 0 Å². The van der Waals surface area contributed by atoms with Crippen molar-refractivity contribution < 1.29 is 13.9 Å². The van der Waals surface area contributed by atoms with E-state index >= 15 is 0 Å². The Morgan fingerprint density at radius 2 is 2.00 bits per heavy atom. The topological polar surface area (TPSA) is 38.3 Å². The van der Waals surface area contributed by atoms with E-state index in [0.717, 1.165) is 0 Å². The lowest BCUT2D eigenvalue weighted by atomic mass is 10.3. The van der Waals surface area contributed by atoms with Gasteiger partial charge in [0.2, 0.25) is 0 Å². The molecular weight excluding hydrogens is 281 g/mol. The summed E-state index contributed by atoms with van der Waals surface area (Å²) in [4.78, 5) is 11.9. The molecule has 1 amide bonds. The van der Waals surface area contributed by atoms with E-state index in [2.05, 4.69) is 5.32 Å². The van der Waals surface area contributed by atoms with Crippen LogP contribution in [0.4, 0.5) is 10.1 Å². The zero-order valence-electron chi connectivity index (χ0n) is 10.8. The molecule has 0 aliphatic heterocycles. The summed E-state index contributed by atoms with van der Waals surface area (Å²) >= 11 is 5.83. The summed E-state index contributed by atoms with van der Waals surface area (Å²) in [6.07, 6.45) is -0.754. The number of anilines is 1. The SMILES string of the molecule is C[C@H](Oc1cccc(F)c1)C(=O)Nc1cccc(Cl)c1. The molecule has 0 unspecified atom stereocenters. The number of rotatable bonds is 4.